The summed E-state index contributed by atoms with van der Waals surface area (Å²) in [5.41, 5.74) is 2.43. The second-order valence-corrected chi connectivity index (χ2v) is 5.85. The van der Waals surface area contributed by atoms with Crippen molar-refractivity contribution in [2.45, 2.75) is 25.2 Å². The van der Waals surface area contributed by atoms with Gasteiger partial charge >= 0.3 is 6.18 Å². The molecule has 1 amide bonds. The number of nitrogens with one attached hydrogen (secondary N) is 1. The van der Waals surface area contributed by atoms with Crippen molar-refractivity contribution in [2.75, 3.05) is 11.9 Å². The fourth-order valence-electron chi connectivity index (χ4n) is 2.90. The van der Waals surface area contributed by atoms with Gasteiger partial charge in [-0.1, -0.05) is 48.5 Å². The first-order valence-corrected chi connectivity index (χ1v) is 7.66. The molecule has 1 aliphatic rings. The Labute approximate surface area is 138 Å². The van der Waals surface area contributed by atoms with Crippen molar-refractivity contribution in [3.05, 3.63) is 65.7 Å². The molecule has 6 heteroatoms. The van der Waals surface area contributed by atoms with Gasteiger partial charge in [-0.2, -0.15) is 13.2 Å². The standard InChI is InChI=1S/C18H17F3N2O/c19-18(20,21)12-23(11-13-6-2-1-3-7-13)17(24)16-10-14-8-4-5-9-15(14)22-16/h1-9,16,22H,10-12H2/t16-/m0/s1. The molecule has 2 aromatic rings. The van der Waals surface area contributed by atoms with Crippen LogP contribution in [0.1, 0.15) is 11.1 Å². The highest BCUT2D eigenvalue weighted by Crippen LogP contribution is 2.27. The predicted molar refractivity (Wildman–Crippen MR) is 85.5 cm³/mol. The van der Waals surface area contributed by atoms with Crippen molar-refractivity contribution >= 4 is 11.6 Å². The van der Waals surface area contributed by atoms with E-state index in [1.807, 2.05) is 24.3 Å². The summed E-state index contributed by atoms with van der Waals surface area (Å²) < 4.78 is 38.7. The second-order valence-electron chi connectivity index (χ2n) is 5.85. The average Bonchev–Trinajstić information content (AvgIpc) is 2.97. The number of fused-ring (bicyclic) bond motifs is 1. The van der Waals surface area contributed by atoms with Crippen molar-refractivity contribution in [1.82, 2.24) is 4.90 Å². The van der Waals surface area contributed by atoms with Crippen LogP contribution in [0.25, 0.3) is 0 Å². The Hall–Kier alpha value is -2.50. The van der Waals surface area contributed by atoms with Crippen LogP contribution in [0.5, 0.6) is 0 Å². The molecule has 0 unspecified atom stereocenters. The predicted octanol–water partition coefficient (Wildman–Crippen LogP) is 3.61. The second kappa shape index (κ2) is 6.55. The van der Waals surface area contributed by atoms with Gasteiger partial charge < -0.3 is 10.2 Å². The average molecular weight is 334 g/mol. The third-order valence-electron chi connectivity index (χ3n) is 3.97. The van der Waals surface area contributed by atoms with E-state index in [4.69, 9.17) is 0 Å². The van der Waals surface area contributed by atoms with Gasteiger partial charge in [-0.15, -0.1) is 0 Å². The molecular formula is C18H17F3N2O. The van der Waals surface area contributed by atoms with Gasteiger partial charge in [0.25, 0.3) is 0 Å². The van der Waals surface area contributed by atoms with Gasteiger partial charge in [0.05, 0.1) is 0 Å². The van der Waals surface area contributed by atoms with E-state index in [0.717, 1.165) is 16.2 Å². The number of carbonyl (C=O) groups is 1. The summed E-state index contributed by atoms with van der Waals surface area (Å²) in [7, 11) is 0. The lowest BCUT2D eigenvalue weighted by molar-refractivity contribution is -0.162. The molecule has 1 N–H and O–H groups in total. The molecule has 2 aromatic carbocycles. The highest BCUT2D eigenvalue weighted by atomic mass is 19.4. The zero-order valence-corrected chi connectivity index (χ0v) is 12.9. The smallest absolute Gasteiger partial charge is 0.373 e. The Kier molecular flexibility index (Phi) is 4.46. The number of alkyl halides is 3. The molecule has 0 fully saturated rings. The van der Waals surface area contributed by atoms with Crippen LogP contribution in [0.15, 0.2) is 54.6 Å². The summed E-state index contributed by atoms with van der Waals surface area (Å²) in [5.74, 6) is -0.535. The number of anilines is 1. The van der Waals surface area contributed by atoms with Gasteiger partial charge in [0, 0.05) is 18.7 Å². The van der Waals surface area contributed by atoms with Crippen molar-refractivity contribution in [1.29, 1.82) is 0 Å². The molecule has 0 aromatic heterocycles. The van der Waals surface area contributed by atoms with Crippen molar-refractivity contribution in [2.24, 2.45) is 0 Å². The molecule has 126 valence electrons. The van der Waals surface area contributed by atoms with Crippen LogP contribution >= 0.6 is 0 Å². The molecule has 0 radical (unpaired) electrons. The fourth-order valence-corrected chi connectivity index (χ4v) is 2.90. The first-order valence-electron chi connectivity index (χ1n) is 7.66. The van der Waals surface area contributed by atoms with Crippen molar-refractivity contribution in [3.8, 4) is 0 Å². The molecule has 0 saturated carbocycles. The summed E-state index contributed by atoms with van der Waals surface area (Å²) in [6.07, 6.45) is -4.03. The number of rotatable bonds is 4. The number of hydrogen-bond acceptors (Lipinski definition) is 2. The van der Waals surface area contributed by atoms with Crippen LogP contribution < -0.4 is 5.32 Å². The maximum Gasteiger partial charge on any atom is 0.406 e. The number of carbonyl (C=O) groups excluding carboxylic acids is 1. The van der Waals surface area contributed by atoms with E-state index < -0.39 is 24.7 Å². The number of nitrogens with zero attached hydrogens (tertiary/aromatic N) is 1. The number of benzene rings is 2. The van der Waals surface area contributed by atoms with Gasteiger partial charge in [-0.25, -0.2) is 0 Å². The van der Waals surface area contributed by atoms with E-state index in [0.29, 0.717) is 12.0 Å². The lowest BCUT2D eigenvalue weighted by Crippen LogP contribution is -2.45. The van der Waals surface area contributed by atoms with Gasteiger partial charge in [0.1, 0.15) is 12.6 Å². The molecule has 0 saturated heterocycles. The summed E-state index contributed by atoms with van der Waals surface area (Å²) in [4.78, 5) is 13.5. The van der Waals surface area contributed by atoms with Crippen LogP contribution in [0.3, 0.4) is 0 Å². The summed E-state index contributed by atoms with van der Waals surface area (Å²) >= 11 is 0. The zero-order chi connectivity index (χ0) is 17.2. The Morgan fingerprint density at radius 3 is 2.42 bits per heavy atom. The maximum absolute atomic E-state index is 12.9. The third-order valence-corrected chi connectivity index (χ3v) is 3.97. The van der Waals surface area contributed by atoms with Crippen LogP contribution in [-0.4, -0.2) is 29.6 Å². The molecule has 0 spiro atoms. The molecule has 1 aliphatic heterocycles. The number of hydrogen-bond donors (Lipinski definition) is 1. The van der Waals surface area contributed by atoms with Crippen LogP contribution in [0, 0.1) is 0 Å². The van der Waals surface area contributed by atoms with E-state index in [1.165, 1.54) is 0 Å². The monoisotopic (exact) mass is 334 g/mol. The Bertz CT molecular complexity index is 691. The van der Waals surface area contributed by atoms with Crippen molar-refractivity contribution < 1.29 is 18.0 Å². The SMILES string of the molecule is O=C([C@@H]1Cc2ccccc2N1)N(Cc1ccccc1)CC(F)(F)F. The highest BCUT2D eigenvalue weighted by Gasteiger charge is 2.37. The van der Waals surface area contributed by atoms with E-state index in [2.05, 4.69) is 5.32 Å². The molecule has 1 atom stereocenters. The normalized spacial score (nSPS) is 16.4. The van der Waals surface area contributed by atoms with Gasteiger partial charge in [-0.05, 0) is 17.2 Å². The molecule has 1 heterocycles. The van der Waals surface area contributed by atoms with Gasteiger partial charge in [0.15, 0.2) is 0 Å². The number of halogens is 3. The third kappa shape index (κ3) is 3.88. The molecule has 3 nitrogen and oxygen atoms in total. The Morgan fingerprint density at radius 2 is 1.75 bits per heavy atom. The Balaban J connectivity index is 1.76. The van der Waals surface area contributed by atoms with E-state index in [-0.39, 0.29) is 6.54 Å². The van der Waals surface area contributed by atoms with Gasteiger partial charge in [-0.3, -0.25) is 4.79 Å². The van der Waals surface area contributed by atoms with Crippen LogP contribution in [0.4, 0.5) is 18.9 Å². The van der Waals surface area contributed by atoms with Crippen LogP contribution in [-0.2, 0) is 17.8 Å². The van der Waals surface area contributed by atoms with Crippen LogP contribution in [0.2, 0.25) is 0 Å². The minimum Gasteiger partial charge on any atom is -0.373 e. The fraction of sp³-hybridized carbons (Fsp3) is 0.278. The highest BCUT2D eigenvalue weighted by molar-refractivity contribution is 5.87. The largest absolute Gasteiger partial charge is 0.406 e. The van der Waals surface area contributed by atoms with E-state index in [9.17, 15) is 18.0 Å². The first kappa shape index (κ1) is 16.4. The quantitative estimate of drug-likeness (QED) is 0.926. The van der Waals surface area contributed by atoms with Gasteiger partial charge in [0.2, 0.25) is 5.91 Å². The molecule has 3 rings (SSSR count). The van der Waals surface area contributed by atoms with Crippen molar-refractivity contribution in [3.63, 3.8) is 0 Å². The zero-order valence-electron chi connectivity index (χ0n) is 12.9. The Morgan fingerprint density at radius 1 is 1.08 bits per heavy atom. The molecule has 0 aliphatic carbocycles. The molecular weight excluding hydrogens is 317 g/mol. The summed E-state index contributed by atoms with van der Waals surface area (Å²) in [6, 6.07) is 15.4. The van der Waals surface area contributed by atoms with E-state index >= 15 is 0 Å². The summed E-state index contributed by atoms with van der Waals surface area (Å²) in [5, 5.41) is 3.03. The molecule has 0 bridgehead atoms. The first-order chi connectivity index (χ1) is 11.4. The summed E-state index contributed by atoms with van der Waals surface area (Å²) in [6.45, 7) is -1.32. The number of para-hydroxylation sites is 1. The minimum absolute atomic E-state index is 0.0618. The maximum atomic E-state index is 12.9. The minimum atomic E-state index is -4.43. The lowest BCUT2D eigenvalue weighted by atomic mass is 10.1. The molecule has 24 heavy (non-hydrogen) atoms. The lowest BCUT2D eigenvalue weighted by Gasteiger charge is -2.27. The topological polar surface area (TPSA) is 32.3 Å². The van der Waals surface area contributed by atoms with E-state index in [1.54, 1.807) is 30.3 Å². The number of amides is 1.